The number of rotatable bonds is 5. The molecule has 33 heavy (non-hydrogen) atoms. The minimum absolute atomic E-state index is 0.0176. The number of halogens is 1. The van der Waals surface area contributed by atoms with E-state index in [1.807, 2.05) is 12.1 Å². The first-order valence-corrected chi connectivity index (χ1v) is 12.1. The SMILES string of the molecule is CC1CN(S(=O)(=O)c2cc(C(=O)OCc3nc(N)c4ccccc4n3)ccc2Cl)CC(C)O1. The molecule has 1 aliphatic heterocycles. The Morgan fingerprint density at radius 1 is 1.18 bits per heavy atom. The van der Waals surface area contributed by atoms with Crippen molar-refractivity contribution in [2.24, 2.45) is 0 Å². The number of esters is 1. The van der Waals surface area contributed by atoms with E-state index < -0.39 is 16.0 Å². The lowest BCUT2D eigenvalue weighted by atomic mass is 10.2. The van der Waals surface area contributed by atoms with Gasteiger partial charge >= 0.3 is 5.97 Å². The molecule has 0 spiro atoms. The van der Waals surface area contributed by atoms with E-state index in [1.54, 1.807) is 26.0 Å². The van der Waals surface area contributed by atoms with E-state index in [4.69, 9.17) is 26.8 Å². The number of anilines is 1. The number of morpholine rings is 1. The number of nitrogens with zero attached hydrogens (tertiary/aromatic N) is 3. The molecule has 0 radical (unpaired) electrons. The molecule has 9 nitrogen and oxygen atoms in total. The standard InChI is InChI=1S/C22H23ClN4O5S/c1-13-10-27(11-14(2)32-13)33(29,30)19-9-15(7-8-17(19)23)22(28)31-12-20-25-18-6-4-3-5-16(18)21(24)26-20/h3-9,13-14H,10-12H2,1-2H3,(H2,24,25,26). The van der Waals surface area contributed by atoms with Gasteiger partial charge in [0.2, 0.25) is 10.0 Å². The number of hydrogen-bond acceptors (Lipinski definition) is 8. The van der Waals surface area contributed by atoms with Gasteiger partial charge in [0.15, 0.2) is 12.4 Å². The molecule has 1 fully saturated rings. The number of fused-ring (bicyclic) bond motifs is 1. The highest BCUT2D eigenvalue weighted by Crippen LogP contribution is 2.28. The molecule has 0 saturated carbocycles. The summed E-state index contributed by atoms with van der Waals surface area (Å²) in [7, 11) is -3.94. The summed E-state index contributed by atoms with van der Waals surface area (Å²) in [5, 5.41) is 0.718. The molecule has 1 aliphatic rings. The quantitative estimate of drug-likeness (QED) is 0.541. The van der Waals surface area contributed by atoms with Crippen molar-refractivity contribution in [3.05, 3.63) is 58.9 Å². The van der Waals surface area contributed by atoms with E-state index in [2.05, 4.69) is 9.97 Å². The maximum absolute atomic E-state index is 13.2. The second kappa shape index (κ2) is 9.22. The molecule has 174 valence electrons. The van der Waals surface area contributed by atoms with Crippen LogP contribution in [0.5, 0.6) is 0 Å². The molecule has 3 aromatic rings. The summed E-state index contributed by atoms with van der Waals surface area (Å²) < 4.78 is 38.7. The Hall–Kier alpha value is -2.79. The Balaban J connectivity index is 1.54. The Labute approximate surface area is 196 Å². The van der Waals surface area contributed by atoms with Crippen molar-refractivity contribution >= 4 is 44.3 Å². The molecule has 2 atom stereocenters. The van der Waals surface area contributed by atoms with Gasteiger partial charge in [0, 0.05) is 18.5 Å². The van der Waals surface area contributed by atoms with Crippen LogP contribution in [0.15, 0.2) is 47.4 Å². The molecule has 4 rings (SSSR count). The minimum Gasteiger partial charge on any atom is -0.454 e. The van der Waals surface area contributed by atoms with Crippen molar-refractivity contribution in [1.82, 2.24) is 14.3 Å². The topological polar surface area (TPSA) is 125 Å². The predicted molar refractivity (Wildman–Crippen MR) is 123 cm³/mol. The maximum Gasteiger partial charge on any atom is 0.338 e. The monoisotopic (exact) mass is 490 g/mol. The molecule has 2 N–H and O–H groups in total. The van der Waals surface area contributed by atoms with Crippen LogP contribution in [0.2, 0.25) is 5.02 Å². The lowest BCUT2D eigenvalue weighted by molar-refractivity contribution is -0.0440. The van der Waals surface area contributed by atoms with Gasteiger partial charge in [-0.05, 0) is 44.2 Å². The van der Waals surface area contributed by atoms with Gasteiger partial charge in [-0.2, -0.15) is 4.31 Å². The second-order valence-electron chi connectivity index (χ2n) is 7.84. The van der Waals surface area contributed by atoms with Gasteiger partial charge in [-0.15, -0.1) is 0 Å². The van der Waals surface area contributed by atoms with Crippen LogP contribution in [-0.2, 0) is 26.1 Å². The maximum atomic E-state index is 13.2. The molecular formula is C22H23ClN4O5S. The molecular weight excluding hydrogens is 468 g/mol. The zero-order chi connectivity index (χ0) is 23.8. The first-order chi connectivity index (χ1) is 15.6. The third-order valence-corrected chi connectivity index (χ3v) is 7.50. The lowest BCUT2D eigenvalue weighted by Gasteiger charge is -2.34. The molecule has 2 unspecified atom stereocenters. The molecule has 0 bridgehead atoms. The number of carbonyl (C=O) groups is 1. The van der Waals surface area contributed by atoms with Gasteiger partial charge in [-0.1, -0.05) is 23.7 Å². The number of hydrogen-bond donors (Lipinski definition) is 1. The Morgan fingerprint density at radius 2 is 1.88 bits per heavy atom. The number of sulfonamides is 1. The summed E-state index contributed by atoms with van der Waals surface area (Å²) in [5.41, 5.74) is 6.63. The highest BCUT2D eigenvalue weighted by molar-refractivity contribution is 7.89. The van der Waals surface area contributed by atoms with Crippen LogP contribution in [0.1, 0.15) is 30.0 Å². The average Bonchev–Trinajstić information content (AvgIpc) is 2.77. The zero-order valence-electron chi connectivity index (χ0n) is 18.1. The van der Waals surface area contributed by atoms with Crippen LogP contribution in [-0.4, -0.2) is 54.0 Å². The molecule has 11 heteroatoms. The van der Waals surface area contributed by atoms with Crippen LogP contribution in [0, 0.1) is 0 Å². The summed E-state index contributed by atoms with van der Waals surface area (Å²) >= 11 is 6.20. The van der Waals surface area contributed by atoms with Gasteiger partial charge in [-0.25, -0.2) is 23.2 Å². The number of nitrogens with two attached hydrogens (primary N) is 1. The summed E-state index contributed by atoms with van der Waals surface area (Å²) in [4.78, 5) is 21.0. The van der Waals surface area contributed by atoms with Gasteiger partial charge < -0.3 is 15.2 Å². The molecule has 1 saturated heterocycles. The first-order valence-electron chi connectivity index (χ1n) is 10.3. The number of nitrogen functional groups attached to an aromatic ring is 1. The number of carbonyl (C=O) groups excluding carboxylic acids is 1. The number of ether oxygens (including phenoxy) is 2. The fourth-order valence-corrected chi connectivity index (χ4v) is 5.81. The molecule has 0 aliphatic carbocycles. The fourth-order valence-electron chi connectivity index (χ4n) is 3.72. The van der Waals surface area contributed by atoms with Gasteiger partial charge in [-0.3, -0.25) is 0 Å². The van der Waals surface area contributed by atoms with Crippen molar-refractivity contribution in [3.63, 3.8) is 0 Å². The number of benzene rings is 2. The third-order valence-electron chi connectivity index (χ3n) is 5.18. The summed E-state index contributed by atoms with van der Waals surface area (Å²) in [6, 6.07) is 11.2. The lowest BCUT2D eigenvalue weighted by Crippen LogP contribution is -2.48. The van der Waals surface area contributed by atoms with Gasteiger partial charge in [0.05, 0.1) is 28.3 Å². The highest BCUT2D eigenvalue weighted by atomic mass is 35.5. The van der Waals surface area contributed by atoms with E-state index in [-0.39, 0.29) is 59.0 Å². The van der Waals surface area contributed by atoms with Crippen LogP contribution in [0.3, 0.4) is 0 Å². The van der Waals surface area contributed by atoms with Crippen molar-refractivity contribution in [2.45, 2.75) is 37.6 Å². The van der Waals surface area contributed by atoms with E-state index >= 15 is 0 Å². The normalized spacial score (nSPS) is 19.5. The van der Waals surface area contributed by atoms with Crippen LogP contribution < -0.4 is 5.73 Å². The van der Waals surface area contributed by atoms with Crippen LogP contribution >= 0.6 is 11.6 Å². The Bertz CT molecular complexity index is 1310. The fraction of sp³-hybridized carbons (Fsp3) is 0.318. The summed E-state index contributed by atoms with van der Waals surface area (Å²) in [6.07, 6.45) is -0.519. The highest BCUT2D eigenvalue weighted by Gasteiger charge is 2.34. The van der Waals surface area contributed by atoms with Crippen molar-refractivity contribution in [1.29, 1.82) is 0 Å². The van der Waals surface area contributed by atoms with Gasteiger partial charge in [0.25, 0.3) is 0 Å². The Kier molecular flexibility index (Phi) is 6.53. The zero-order valence-corrected chi connectivity index (χ0v) is 19.6. The smallest absolute Gasteiger partial charge is 0.338 e. The molecule has 2 aromatic carbocycles. The summed E-state index contributed by atoms with van der Waals surface area (Å²) in [6.45, 7) is 3.76. The van der Waals surface area contributed by atoms with Crippen molar-refractivity contribution in [2.75, 3.05) is 18.8 Å². The molecule has 2 heterocycles. The predicted octanol–water partition coefficient (Wildman–Crippen LogP) is 3.02. The van der Waals surface area contributed by atoms with E-state index in [9.17, 15) is 13.2 Å². The first kappa shape index (κ1) is 23.4. The minimum atomic E-state index is -3.94. The summed E-state index contributed by atoms with van der Waals surface area (Å²) in [5.74, 6) is -0.222. The van der Waals surface area contributed by atoms with E-state index in [0.29, 0.717) is 10.9 Å². The third kappa shape index (κ3) is 4.93. The van der Waals surface area contributed by atoms with Gasteiger partial charge in [0.1, 0.15) is 10.7 Å². The van der Waals surface area contributed by atoms with E-state index in [0.717, 1.165) is 0 Å². The molecule has 1 aromatic heterocycles. The van der Waals surface area contributed by atoms with Crippen LogP contribution in [0.4, 0.5) is 5.82 Å². The van der Waals surface area contributed by atoms with Crippen molar-refractivity contribution < 1.29 is 22.7 Å². The van der Waals surface area contributed by atoms with E-state index in [1.165, 1.54) is 22.5 Å². The number of aromatic nitrogens is 2. The molecule has 0 amide bonds. The largest absolute Gasteiger partial charge is 0.454 e. The Morgan fingerprint density at radius 3 is 2.61 bits per heavy atom. The average molecular weight is 491 g/mol. The van der Waals surface area contributed by atoms with Crippen LogP contribution in [0.25, 0.3) is 10.9 Å². The second-order valence-corrected chi connectivity index (χ2v) is 10.2. The van der Waals surface area contributed by atoms with Crippen molar-refractivity contribution in [3.8, 4) is 0 Å². The number of para-hydroxylation sites is 1.